The molecular formula is C18H23N5O2. The second-order valence-corrected chi connectivity index (χ2v) is 6.52. The second kappa shape index (κ2) is 7.57. The van der Waals surface area contributed by atoms with Crippen molar-refractivity contribution in [3.63, 3.8) is 0 Å². The molecule has 2 aromatic heterocycles. The number of aryl methyl sites for hydroxylation is 2. The summed E-state index contributed by atoms with van der Waals surface area (Å²) in [5, 5.41) is 6.06. The Morgan fingerprint density at radius 2 is 2.12 bits per heavy atom. The molecule has 1 aliphatic rings. The van der Waals surface area contributed by atoms with Gasteiger partial charge in [-0.1, -0.05) is 0 Å². The van der Waals surface area contributed by atoms with Crippen molar-refractivity contribution in [3.05, 3.63) is 52.0 Å². The number of carbonyl (C=O) groups excluding carboxylic acids is 1. The lowest BCUT2D eigenvalue weighted by Crippen LogP contribution is -2.36. The highest BCUT2D eigenvalue weighted by Gasteiger charge is 2.19. The van der Waals surface area contributed by atoms with Gasteiger partial charge in [-0.15, -0.1) is 0 Å². The molecule has 7 heteroatoms. The highest BCUT2D eigenvalue weighted by molar-refractivity contribution is 6.04. The molecule has 1 fully saturated rings. The number of hydrogen-bond donors (Lipinski definition) is 2. The summed E-state index contributed by atoms with van der Waals surface area (Å²) in [6.07, 6.45) is 7.05. The average molecular weight is 341 g/mol. The first kappa shape index (κ1) is 17.3. The SMILES string of the molecule is Cc1ncc(NC(=O)c2c(C)ccn(CC3CCCNC3)c2=O)cn1. The lowest BCUT2D eigenvalue weighted by molar-refractivity contribution is 0.102. The second-order valence-electron chi connectivity index (χ2n) is 6.52. The van der Waals surface area contributed by atoms with Crippen molar-refractivity contribution in [2.45, 2.75) is 33.2 Å². The summed E-state index contributed by atoms with van der Waals surface area (Å²) in [7, 11) is 0. The molecule has 132 valence electrons. The number of carbonyl (C=O) groups is 1. The van der Waals surface area contributed by atoms with Gasteiger partial charge in [0.15, 0.2) is 0 Å². The van der Waals surface area contributed by atoms with Crippen LogP contribution in [0.4, 0.5) is 5.69 Å². The Hall–Kier alpha value is -2.54. The van der Waals surface area contributed by atoms with Crippen molar-refractivity contribution in [2.75, 3.05) is 18.4 Å². The van der Waals surface area contributed by atoms with Crippen LogP contribution in [0.1, 0.15) is 34.6 Å². The molecule has 0 bridgehead atoms. The van der Waals surface area contributed by atoms with Crippen molar-refractivity contribution in [1.29, 1.82) is 0 Å². The molecule has 0 spiro atoms. The van der Waals surface area contributed by atoms with Gasteiger partial charge in [0.05, 0.1) is 18.1 Å². The van der Waals surface area contributed by atoms with Gasteiger partial charge in [-0.25, -0.2) is 9.97 Å². The van der Waals surface area contributed by atoms with E-state index in [0.717, 1.165) is 25.9 Å². The summed E-state index contributed by atoms with van der Waals surface area (Å²) in [4.78, 5) is 33.5. The van der Waals surface area contributed by atoms with Crippen LogP contribution in [0.5, 0.6) is 0 Å². The number of pyridine rings is 1. The molecule has 3 heterocycles. The predicted molar refractivity (Wildman–Crippen MR) is 95.8 cm³/mol. The molecule has 2 N–H and O–H groups in total. The minimum atomic E-state index is -0.425. The van der Waals surface area contributed by atoms with Crippen LogP contribution in [-0.4, -0.2) is 33.5 Å². The third kappa shape index (κ3) is 4.11. The van der Waals surface area contributed by atoms with Gasteiger partial charge in [0.25, 0.3) is 11.5 Å². The Bertz CT molecular complexity index is 807. The zero-order valence-electron chi connectivity index (χ0n) is 14.6. The zero-order chi connectivity index (χ0) is 17.8. The molecule has 0 saturated carbocycles. The molecule has 25 heavy (non-hydrogen) atoms. The van der Waals surface area contributed by atoms with Crippen LogP contribution < -0.4 is 16.2 Å². The summed E-state index contributed by atoms with van der Waals surface area (Å²) in [6, 6.07) is 1.82. The molecule has 1 unspecified atom stereocenters. The molecule has 3 rings (SSSR count). The summed E-state index contributed by atoms with van der Waals surface area (Å²) >= 11 is 0. The Labute approximate surface area is 146 Å². The number of nitrogens with zero attached hydrogens (tertiary/aromatic N) is 3. The third-order valence-corrected chi connectivity index (χ3v) is 4.49. The number of aromatic nitrogens is 3. The molecule has 1 amide bonds. The van der Waals surface area contributed by atoms with E-state index in [-0.39, 0.29) is 11.1 Å². The van der Waals surface area contributed by atoms with E-state index in [1.165, 1.54) is 12.4 Å². The van der Waals surface area contributed by atoms with E-state index in [2.05, 4.69) is 20.6 Å². The summed E-state index contributed by atoms with van der Waals surface area (Å²) in [5.74, 6) is 0.610. The van der Waals surface area contributed by atoms with Gasteiger partial charge in [0, 0.05) is 12.7 Å². The van der Waals surface area contributed by atoms with Crippen LogP contribution in [0.15, 0.2) is 29.5 Å². The van der Waals surface area contributed by atoms with E-state index in [4.69, 9.17) is 0 Å². The van der Waals surface area contributed by atoms with Crippen molar-refractivity contribution in [3.8, 4) is 0 Å². The smallest absolute Gasteiger partial charge is 0.263 e. The molecule has 0 aliphatic carbocycles. The van der Waals surface area contributed by atoms with Gasteiger partial charge >= 0.3 is 0 Å². The van der Waals surface area contributed by atoms with Crippen molar-refractivity contribution >= 4 is 11.6 Å². The summed E-state index contributed by atoms with van der Waals surface area (Å²) in [5.41, 5.74) is 1.05. The Balaban J connectivity index is 1.82. The molecule has 7 nitrogen and oxygen atoms in total. The van der Waals surface area contributed by atoms with Gasteiger partial charge in [-0.05, 0) is 57.3 Å². The zero-order valence-corrected chi connectivity index (χ0v) is 14.6. The maximum absolute atomic E-state index is 12.8. The van der Waals surface area contributed by atoms with Gasteiger partial charge in [0.1, 0.15) is 11.4 Å². The third-order valence-electron chi connectivity index (χ3n) is 4.49. The Kier molecular flexibility index (Phi) is 5.23. The van der Waals surface area contributed by atoms with Crippen molar-refractivity contribution in [2.24, 2.45) is 5.92 Å². The van der Waals surface area contributed by atoms with E-state index in [9.17, 15) is 9.59 Å². The number of nitrogens with one attached hydrogen (secondary N) is 2. The minimum Gasteiger partial charge on any atom is -0.319 e. The molecule has 1 saturated heterocycles. The van der Waals surface area contributed by atoms with Gasteiger partial charge in [-0.2, -0.15) is 0 Å². The normalized spacial score (nSPS) is 17.3. The monoisotopic (exact) mass is 341 g/mol. The minimum absolute atomic E-state index is 0.173. The van der Waals surface area contributed by atoms with Crippen LogP contribution in [-0.2, 0) is 6.54 Å². The first-order valence-electron chi connectivity index (χ1n) is 8.55. The van der Waals surface area contributed by atoms with Crippen LogP contribution in [0.2, 0.25) is 0 Å². The summed E-state index contributed by atoms with van der Waals surface area (Å²) in [6.45, 7) is 6.11. The lowest BCUT2D eigenvalue weighted by atomic mass is 9.99. The fourth-order valence-corrected chi connectivity index (χ4v) is 3.09. The van der Waals surface area contributed by atoms with Crippen molar-refractivity contribution in [1.82, 2.24) is 19.9 Å². The van der Waals surface area contributed by atoms with E-state index >= 15 is 0 Å². The quantitative estimate of drug-likeness (QED) is 0.880. The maximum Gasteiger partial charge on any atom is 0.263 e. The molecule has 0 radical (unpaired) electrons. The topological polar surface area (TPSA) is 88.9 Å². The molecular weight excluding hydrogens is 318 g/mol. The van der Waals surface area contributed by atoms with Crippen LogP contribution in [0.25, 0.3) is 0 Å². The number of piperidine rings is 1. The van der Waals surface area contributed by atoms with Crippen LogP contribution >= 0.6 is 0 Å². The fourth-order valence-electron chi connectivity index (χ4n) is 3.09. The van der Waals surface area contributed by atoms with E-state index in [1.54, 1.807) is 24.6 Å². The first-order valence-corrected chi connectivity index (χ1v) is 8.55. The van der Waals surface area contributed by atoms with Gasteiger partial charge in [-0.3, -0.25) is 9.59 Å². The van der Waals surface area contributed by atoms with Crippen LogP contribution in [0.3, 0.4) is 0 Å². The number of hydrogen-bond acceptors (Lipinski definition) is 5. The number of rotatable bonds is 4. The van der Waals surface area contributed by atoms with E-state index < -0.39 is 5.91 Å². The van der Waals surface area contributed by atoms with E-state index in [0.29, 0.717) is 29.5 Å². The first-order chi connectivity index (χ1) is 12.0. The Morgan fingerprint density at radius 3 is 2.80 bits per heavy atom. The highest BCUT2D eigenvalue weighted by Crippen LogP contribution is 2.13. The predicted octanol–water partition coefficient (Wildman–Crippen LogP) is 1.51. The number of amides is 1. The van der Waals surface area contributed by atoms with Crippen molar-refractivity contribution < 1.29 is 4.79 Å². The van der Waals surface area contributed by atoms with Gasteiger partial charge in [0.2, 0.25) is 0 Å². The Morgan fingerprint density at radius 1 is 1.36 bits per heavy atom. The fraction of sp³-hybridized carbons (Fsp3) is 0.444. The number of anilines is 1. The highest BCUT2D eigenvalue weighted by atomic mass is 16.2. The van der Waals surface area contributed by atoms with Crippen LogP contribution in [0, 0.1) is 19.8 Å². The van der Waals surface area contributed by atoms with Gasteiger partial charge < -0.3 is 15.2 Å². The molecule has 1 aliphatic heterocycles. The largest absolute Gasteiger partial charge is 0.319 e. The lowest BCUT2D eigenvalue weighted by Gasteiger charge is -2.23. The molecule has 1 atom stereocenters. The van der Waals surface area contributed by atoms with E-state index in [1.807, 2.05) is 6.07 Å². The maximum atomic E-state index is 12.8. The standard InChI is InChI=1S/C18H23N5O2/c1-12-5-7-23(11-14-4-3-6-19-8-14)18(25)16(12)17(24)22-15-9-20-13(2)21-10-15/h5,7,9-10,14,19H,3-4,6,8,11H2,1-2H3,(H,22,24). The molecule has 2 aromatic rings. The average Bonchev–Trinajstić information content (AvgIpc) is 2.60. The summed E-state index contributed by atoms with van der Waals surface area (Å²) < 4.78 is 1.64. The molecule has 0 aromatic carbocycles.